The third kappa shape index (κ3) is 3.25. The minimum Gasteiger partial charge on any atom is -0.305 e. The van der Waals surface area contributed by atoms with Crippen LogP contribution < -0.4 is 0 Å². The van der Waals surface area contributed by atoms with E-state index >= 15 is 0 Å². The molecule has 5 nitrogen and oxygen atoms in total. The fourth-order valence-electron chi connectivity index (χ4n) is 4.69. The lowest BCUT2D eigenvalue weighted by molar-refractivity contribution is 0.212. The van der Waals surface area contributed by atoms with Gasteiger partial charge in [-0.2, -0.15) is 15.8 Å². The van der Waals surface area contributed by atoms with Gasteiger partial charge in [0.25, 0.3) is 0 Å². The third-order valence-electron chi connectivity index (χ3n) is 6.45. The molecule has 1 aliphatic carbocycles. The quantitative estimate of drug-likeness (QED) is 0.773. The number of nitrogens with zero attached hydrogens (tertiary/aromatic N) is 4. The minimum absolute atomic E-state index is 0.000163. The van der Waals surface area contributed by atoms with E-state index in [1.807, 2.05) is 18.2 Å². The molecule has 1 heterocycles. The summed E-state index contributed by atoms with van der Waals surface area (Å²) in [5.41, 5.74) is 1.24. The first kappa shape index (κ1) is 20.8. The molecule has 1 fully saturated rings. The summed E-state index contributed by atoms with van der Waals surface area (Å²) in [7, 11) is 0. The van der Waals surface area contributed by atoms with E-state index in [0.29, 0.717) is 6.54 Å². The van der Waals surface area contributed by atoms with Crippen molar-refractivity contribution in [2.45, 2.75) is 39.0 Å². The number of fused-ring (bicyclic) bond motifs is 1. The zero-order valence-corrected chi connectivity index (χ0v) is 17.5. The predicted octanol–water partition coefficient (Wildman–Crippen LogP) is 4.15. The summed E-state index contributed by atoms with van der Waals surface area (Å²) in [6, 6.07) is 14.6. The molecule has 0 bridgehead atoms. The van der Waals surface area contributed by atoms with Gasteiger partial charge >= 0.3 is 0 Å². The highest BCUT2D eigenvalue weighted by molar-refractivity contribution is 6.00. The number of nitriles is 3. The van der Waals surface area contributed by atoms with Crippen molar-refractivity contribution in [2.75, 3.05) is 19.6 Å². The van der Waals surface area contributed by atoms with E-state index < -0.39 is 17.3 Å². The first-order valence-electron chi connectivity index (χ1n) is 10.1. The first-order chi connectivity index (χ1) is 13.7. The van der Waals surface area contributed by atoms with Crippen LogP contribution in [-0.4, -0.2) is 30.2 Å². The number of likely N-dealkylation sites (N-methyl/N-ethyl adjacent to an activating group) is 1. The average Bonchev–Trinajstić information content (AvgIpc) is 2.72. The van der Waals surface area contributed by atoms with Gasteiger partial charge in [0.15, 0.2) is 5.41 Å². The van der Waals surface area contributed by atoms with Crippen LogP contribution in [0.3, 0.4) is 0 Å². The second-order valence-corrected chi connectivity index (χ2v) is 9.02. The van der Waals surface area contributed by atoms with Crippen LogP contribution in [0.2, 0.25) is 0 Å². The Morgan fingerprint density at radius 3 is 2.24 bits per heavy atom. The lowest BCUT2D eigenvalue weighted by atomic mass is 9.54. The largest absolute Gasteiger partial charge is 0.305 e. The topological polar surface area (TPSA) is 98.5 Å². The number of hydrogen-bond donors (Lipinski definition) is 1. The zero-order valence-electron chi connectivity index (χ0n) is 17.5. The summed E-state index contributed by atoms with van der Waals surface area (Å²) < 4.78 is 0. The second-order valence-electron chi connectivity index (χ2n) is 9.02. The molecule has 2 aliphatic rings. The van der Waals surface area contributed by atoms with Gasteiger partial charge in [0.05, 0.1) is 23.9 Å². The Balaban J connectivity index is 2.20. The Bertz CT molecular complexity index is 945. The lowest BCUT2D eigenvalue weighted by Crippen LogP contribution is -2.52. The van der Waals surface area contributed by atoms with Crippen molar-refractivity contribution in [3.05, 3.63) is 47.0 Å². The van der Waals surface area contributed by atoms with Crippen molar-refractivity contribution in [1.82, 2.24) is 4.90 Å². The highest BCUT2D eigenvalue weighted by Gasteiger charge is 2.57. The van der Waals surface area contributed by atoms with E-state index in [2.05, 4.69) is 62.9 Å². The Labute approximate surface area is 173 Å². The van der Waals surface area contributed by atoms with Gasteiger partial charge < -0.3 is 5.41 Å². The normalized spacial score (nSPS) is 26.4. The van der Waals surface area contributed by atoms with Crippen molar-refractivity contribution < 1.29 is 0 Å². The molecule has 0 radical (unpaired) electrons. The van der Waals surface area contributed by atoms with Gasteiger partial charge in [0.1, 0.15) is 5.92 Å². The van der Waals surface area contributed by atoms with Crippen LogP contribution in [0.5, 0.6) is 0 Å². The second kappa shape index (κ2) is 7.47. The zero-order chi connectivity index (χ0) is 21.4. The number of benzene rings is 1. The number of nitrogens with one attached hydrogen (secondary N) is 1. The van der Waals surface area contributed by atoms with E-state index in [-0.39, 0.29) is 17.0 Å². The van der Waals surface area contributed by atoms with Crippen molar-refractivity contribution >= 4 is 5.71 Å². The summed E-state index contributed by atoms with van der Waals surface area (Å²) in [6.45, 7) is 10.8. The van der Waals surface area contributed by atoms with Gasteiger partial charge in [-0.1, -0.05) is 58.0 Å². The van der Waals surface area contributed by atoms with Gasteiger partial charge in [-0.05, 0) is 28.7 Å². The van der Waals surface area contributed by atoms with Crippen LogP contribution in [0, 0.1) is 56.7 Å². The van der Waals surface area contributed by atoms with Crippen LogP contribution >= 0.6 is 0 Å². The van der Waals surface area contributed by atoms with Gasteiger partial charge in [-0.15, -0.1) is 0 Å². The molecule has 148 valence electrons. The van der Waals surface area contributed by atoms with E-state index in [4.69, 9.17) is 5.41 Å². The summed E-state index contributed by atoms with van der Waals surface area (Å²) in [6.07, 6.45) is 2.04. The Morgan fingerprint density at radius 2 is 1.76 bits per heavy atom. The molecule has 29 heavy (non-hydrogen) atoms. The molecular weight excluding hydrogens is 358 g/mol. The maximum Gasteiger partial charge on any atom is 0.189 e. The molecule has 0 amide bonds. The average molecular weight is 386 g/mol. The van der Waals surface area contributed by atoms with E-state index in [1.54, 1.807) is 0 Å². The molecule has 0 saturated heterocycles. The van der Waals surface area contributed by atoms with Crippen molar-refractivity contribution in [3.63, 3.8) is 0 Å². The Morgan fingerprint density at radius 1 is 1.14 bits per heavy atom. The van der Waals surface area contributed by atoms with Crippen molar-refractivity contribution in [2.24, 2.45) is 17.3 Å². The Hall–Kier alpha value is -2.94. The molecule has 1 aliphatic heterocycles. The molecular formula is C24H27N5. The van der Waals surface area contributed by atoms with Gasteiger partial charge in [0.2, 0.25) is 0 Å². The van der Waals surface area contributed by atoms with Gasteiger partial charge in [-0.3, -0.25) is 4.90 Å². The standard InChI is InChI=1S/C24H27N5/c1-5-29-11-10-18-19(12-25)22(28)24(14-26,15-27)21(20(18)13-29)16-6-8-17(9-7-16)23(2,3)4/h6-10,19-21,28H,5,11,13H2,1-4H3/t19?,20-,21+/m0/s1. The molecule has 3 rings (SSSR count). The van der Waals surface area contributed by atoms with Gasteiger partial charge in [0, 0.05) is 24.9 Å². The van der Waals surface area contributed by atoms with E-state index in [0.717, 1.165) is 24.2 Å². The summed E-state index contributed by atoms with van der Waals surface area (Å²) in [4.78, 5) is 2.26. The minimum atomic E-state index is -1.64. The van der Waals surface area contributed by atoms with E-state index in [9.17, 15) is 15.8 Å². The smallest absolute Gasteiger partial charge is 0.189 e. The fraction of sp³-hybridized carbons (Fsp3) is 0.500. The highest BCUT2D eigenvalue weighted by atomic mass is 15.1. The predicted molar refractivity (Wildman–Crippen MR) is 112 cm³/mol. The maximum atomic E-state index is 10.1. The Kier molecular flexibility index (Phi) is 5.36. The SMILES string of the molecule is CCN1CC=C2C(C#N)C(=N)C(C#N)(C#N)[C@H](c3ccc(C(C)(C)C)cc3)[C@H]2C1. The fourth-order valence-corrected chi connectivity index (χ4v) is 4.69. The molecule has 1 aromatic rings. The van der Waals surface area contributed by atoms with Gasteiger partial charge in [-0.25, -0.2) is 0 Å². The maximum absolute atomic E-state index is 10.1. The van der Waals surface area contributed by atoms with Crippen LogP contribution in [0.1, 0.15) is 44.7 Å². The van der Waals surface area contributed by atoms with Crippen LogP contribution in [0.25, 0.3) is 0 Å². The van der Waals surface area contributed by atoms with E-state index in [1.165, 1.54) is 5.56 Å². The first-order valence-corrected chi connectivity index (χ1v) is 10.1. The summed E-state index contributed by atoms with van der Waals surface area (Å²) in [5.74, 6) is -1.41. The summed E-state index contributed by atoms with van der Waals surface area (Å²) in [5, 5.41) is 38.6. The highest BCUT2D eigenvalue weighted by Crippen LogP contribution is 2.53. The van der Waals surface area contributed by atoms with Crippen LogP contribution in [0.15, 0.2) is 35.9 Å². The molecule has 3 atom stereocenters. The van der Waals surface area contributed by atoms with Crippen molar-refractivity contribution in [1.29, 1.82) is 21.2 Å². The molecule has 5 heteroatoms. The molecule has 0 spiro atoms. The number of hydrogen-bond acceptors (Lipinski definition) is 5. The van der Waals surface area contributed by atoms with Crippen molar-refractivity contribution in [3.8, 4) is 18.2 Å². The lowest BCUT2D eigenvalue weighted by Gasteiger charge is -2.47. The third-order valence-corrected chi connectivity index (χ3v) is 6.45. The molecule has 1 saturated carbocycles. The molecule has 1 N–H and O–H groups in total. The monoisotopic (exact) mass is 385 g/mol. The molecule has 0 aromatic heterocycles. The molecule has 1 aromatic carbocycles. The number of rotatable bonds is 2. The summed E-state index contributed by atoms with van der Waals surface area (Å²) >= 11 is 0. The molecule has 1 unspecified atom stereocenters. The van der Waals surface area contributed by atoms with Crippen LogP contribution in [0.4, 0.5) is 0 Å². The van der Waals surface area contributed by atoms with Crippen LogP contribution in [-0.2, 0) is 5.41 Å².